The van der Waals surface area contributed by atoms with E-state index in [9.17, 15) is 49.4 Å². The summed E-state index contributed by atoms with van der Waals surface area (Å²) >= 11 is 0. The Balaban J connectivity index is 1.56. The number of halogens is 10. The molecule has 0 bridgehead atoms. The summed E-state index contributed by atoms with van der Waals surface area (Å²) < 4.78 is 143. The third kappa shape index (κ3) is 7.50. The molecule has 15 heteroatoms. The number of hydrogen-bond donors (Lipinski definition) is 1. The van der Waals surface area contributed by atoms with Crippen molar-refractivity contribution < 1.29 is 63.4 Å². The zero-order valence-corrected chi connectivity index (χ0v) is 25.2. The van der Waals surface area contributed by atoms with Gasteiger partial charge in [0.05, 0.1) is 35.1 Å². The van der Waals surface area contributed by atoms with Crippen molar-refractivity contribution >= 4 is 11.7 Å². The fourth-order valence-corrected chi connectivity index (χ4v) is 5.51. The molecule has 49 heavy (non-hydrogen) atoms. The van der Waals surface area contributed by atoms with E-state index in [-0.39, 0.29) is 63.7 Å². The maximum absolute atomic E-state index is 15.4. The van der Waals surface area contributed by atoms with Crippen LogP contribution in [0.1, 0.15) is 56.3 Å². The van der Waals surface area contributed by atoms with Crippen LogP contribution in [0.4, 0.5) is 43.9 Å². The highest BCUT2D eigenvalue weighted by Gasteiger charge is 2.39. The summed E-state index contributed by atoms with van der Waals surface area (Å²) in [6.45, 7) is 1.55. The maximum Gasteiger partial charge on any atom is 0.416 e. The van der Waals surface area contributed by atoms with Crippen LogP contribution in [0.2, 0.25) is 0 Å². The number of rotatable bonds is 7. The molecular formula is C34H23F10NO4. The molecule has 0 saturated heterocycles. The zero-order chi connectivity index (χ0) is 36.1. The van der Waals surface area contributed by atoms with Gasteiger partial charge in [0.25, 0.3) is 0 Å². The van der Waals surface area contributed by atoms with Gasteiger partial charge in [0.2, 0.25) is 0 Å². The van der Waals surface area contributed by atoms with Crippen molar-refractivity contribution in [3.05, 3.63) is 111 Å². The highest BCUT2D eigenvalue weighted by Crippen LogP contribution is 2.43. The van der Waals surface area contributed by atoms with Gasteiger partial charge < -0.3 is 14.7 Å². The average Bonchev–Trinajstić information content (AvgIpc) is 3.48. The molecule has 1 atom stereocenters. The zero-order valence-electron chi connectivity index (χ0n) is 25.2. The summed E-state index contributed by atoms with van der Waals surface area (Å²) in [7, 11) is 1.21. The second-order valence-electron chi connectivity index (χ2n) is 11.2. The van der Waals surface area contributed by atoms with Crippen LogP contribution < -0.4 is 4.74 Å². The van der Waals surface area contributed by atoms with Gasteiger partial charge >= 0.3 is 24.5 Å². The van der Waals surface area contributed by atoms with Crippen molar-refractivity contribution in [3.8, 4) is 28.0 Å². The summed E-state index contributed by atoms with van der Waals surface area (Å²) in [6.07, 6.45) is -17.2. The highest BCUT2D eigenvalue weighted by atomic mass is 19.4. The molecule has 1 aliphatic heterocycles. The summed E-state index contributed by atoms with van der Waals surface area (Å²) in [5, 5.41) is 13.1. The van der Waals surface area contributed by atoms with Gasteiger partial charge in [-0.3, -0.25) is 0 Å². The molecule has 1 heterocycles. The number of carbonyl (C=O) groups is 1. The van der Waals surface area contributed by atoms with E-state index in [1.165, 1.54) is 31.4 Å². The number of benzene rings is 4. The molecule has 5 nitrogen and oxygen atoms in total. The molecule has 0 aromatic heterocycles. The van der Waals surface area contributed by atoms with Gasteiger partial charge in [0.1, 0.15) is 11.6 Å². The minimum Gasteiger partial charge on any atom is -0.496 e. The van der Waals surface area contributed by atoms with E-state index in [2.05, 4.69) is 5.16 Å². The fourth-order valence-electron chi connectivity index (χ4n) is 5.51. The number of hydrogen-bond acceptors (Lipinski definition) is 4. The summed E-state index contributed by atoms with van der Waals surface area (Å²) in [5.74, 6) is -2.07. The van der Waals surface area contributed by atoms with E-state index >= 15 is 4.39 Å². The van der Waals surface area contributed by atoms with E-state index in [0.717, 1.165) is 24.3 Å². The Morgan fingerprint density at radius 1 is 0.796 bits per heavy atom. The van der Waals surface area contributed by atoms with Crippen molar-refractivity contribution in [1.82, 2.24) is 0 Å². The molecule has 1 N–H and O–H groups in total. The maximum atomic E-state index is 15.4. The first-order valence-electron chi connectivity index (χ1n) is 14.2. The van der Waals surface area contributed by atoms with Crippen molar-refractivity contribution in [2.24, 2.45) is 5.16 Å². The number of alkyl halides is 9. The predicted molar refractivity (Wildman–Crippen MR) is 157 cm³/mol. The Kier molecular flexibility index (Phi) is 9.17. The second kappa shape index (κ2) is 12.7. The van der Waals surface area contributed by atoms with Crippen LogP contribution in [-0.2, 0) is 29.8 Å². The number of carboxylic acid groups (broad SMARTS) is 1. The van der Waals surface area contributed by atoms with Gasteiger partial charge in [-0.25, -0.2) is 9.18 Å². The van der Waals surface area contributed by atoms with E-state index in [0.29, 0.717) is 17.7 Å². The lowest BCUT2D eigenvalue weighted by atomic mass is 9.89. The summed E-state index contributed by atoms with van der Waals surface area (Å²) in [6, 6.07) is 9.93. The fraction of sp³-hybridized carbons (Fsp3) is 0.235. The Morgan fingerprint density at radius 3 is 1.96 bits per heavy atom. The molecule has 0 amide bonds. The predicted octanol–water partition coefficient (Wildman–Crippen LogP) is 10.3. The molecular weight excluding hydrogens is 676 g/mol. The van der Waals surface area contributed by atoms with Crippen LogP contribution in [0.25, 0.3) is 22.3 Å². The minimum absolute atomic E-state index is 0.0120. The van der Waals surface area contributed by atoms with E-state index in [1.54, 1.807) is 6.92 Å². The van der Waals surface area contributed by atoms with Crippen LogP contribution in [0.5, 0.6) is 5.75 Å². The van der Waals surface area contributed by atoms with Crippen molar-refractivity contribution in [1.29, 1.82) is 0 Å². The number of carboxylic acids is 1. The van der Waals surface area contributed by atoms with Gasteiger partial charge in [-0.2, -0.15) is 39.5 Å². The first-order chi connectivity index (χ1) is 22.8. The number of methoxy groups -OCH3 is 1. The highest BCUT2D eigenvalue weighted by molar-refractivity contribution is 5.91. The second-order valence-corrected chi connectivity index (χ2v) is 11.2. The van der Waals surface area contributed by atoms with Crippen LogP contribution >= 0.6 is 0 Å². The van der Waals surface area contributed by atoms with Gasteiger partial charge in [-0.15, -0.1) is 0 Å². The molecule has 0 unspecified atom stereocenters. The lowest BCUT2D eigenvalue weighted by Gasteiger charge is -2.18. The van der Waals surface area contributed by atoms with E-state index in [4.69, 9.17) is 9.57 Å². The third-order valence-electron chi connectivity index (χ3n) is 7.88. The van der Waals surface area contributed by atoms with Crippen molar-refractivity contribution in [2.75, 3.05) is 7.11 Å². The molecule has 0 saturated carbocycles. The first kappa shape index (κ1) is 35.2. The van der Waals surface area contributed by atoms with Crippen LogP contribution in [-0.4, -0.2) is 23.9 Å². The topological polar surface area (TPSA) is 68.1 Å². The molecule has 0 spiro atoms. The van der Waals surface area contributed by atoms with Crippen molar-refractivity contribution in [3.63, 3.8) is 0 Å². The molecule has 4 aromatic carbocycles. The lowest BCUT2D eigenvalue weighted by Crippen LogP contribution is -2.13. The SMILES string of the molecule is COc1cc(F)c(-c2ccc(C(=O)O)cc2C)cc1-c1ccc(C(F)(F)F)cc1CC1=NO[C@@H](c2cc(C(F)(F)F)cc(C(F)(F)F)c2)C1. The number of nitrogens with zero attached hydrogens (tertiary/aromatic N) is 1. The Labute approximate surface area is 271 Å². The molecule has 0 radical (unpaired) electrons. The number of aromatic carboxylic acids is 1. The summed E-state index contributed by atoms with van der Waals surface area (Å²) in [5.41, 5.74) is -3.88. The molecule has 0 fully saturated rings. The Morgan fingerprint density at radius 2 is 1.41 bits per heavy atom. The van der Waals surface area contributed by atoms with E-state index < -0.39 is 58.7 Å². The number of oxime groups is 1. The van der Waals surface area contributed by atoms with Gasteiger partial charge in [0, 0.05) is 30.0 Å². The van der Waals surface area contributed by atoms with Gasteiger partial charge in [0.15, 0.2) is 6.10 Å². The van der Waals surface area contributed by atoms with Crippen LogP contribution in [0, 0.1) is 12.7 Å². The summed E-state index contributed by atoms with van der Waals surface area (Å²) in [4.78, 5) is 16.6. The van der Waals surface area contributed by atoms with Gasteiger partial charge in [-0.1, -0.05) is 17.3 Å². The van der Waals surface area contributed by atoms with E-state index in [1.807, 2.05) is 0 Å². The number of ether oxygens (including phenoxy) is 1. The Bertz CT molecular complexity index is 1930. The van der Waals surface area contributed by atoms with Crippen LogP contribution in [0.15, 0.2) is 71.9 Å². The molecule has 1 aliphatic rings. The quantitative estimate of drug-likeness (QED) is 0.195. The normalized spacial score (nSPS) is 15.2. The molecule has 258 valence electrons. The monoisotopic (exact) mass is 699 g/mol. The standard InChI is InChI=1S/C34H23F10NO4/c1-16-7-17(31(46)47)3-5-24(16)26-14-27(30(48-2)15-28(26)35)25-6-4-20(32(36,37)38)8-18(25)11-23-13-29(49-45-23)19-9-21(33(39,40)41)12-22(10-19)34(42,43)44/h3-10,12,14-15,29H,11,13H2,1-2H3,(H,46,47)/t29-/m1/s1. The Hall–Kier alpha value is -5.08. The average molecular weight is 700 g/mol. The third-order valence-corrected chi connectivity index (χ3v) is 7.88. The molecule has 4 aromatic rings. The number of aryl methyl sites for hydroxylation is 1. The molecule has 0 aliphatic carbocycles. The van der Waals surface area contributed by atoms with Crippen molar-refractivity contribution in [2.45, 2.75) is 44.4 Å². The first-order valence-corrected chi connectivity index (χ1v) is 14.2. The largest absolute Gasteiger partial charge is 0.496 e. The minimum atomic E-state index is -5.12. The smallest absolute Gasteiger partial charge is 0.416 e. The van der Waals surface area contributed by atoms with Crippen LogP contribution in [0.3, 0.4) is 0 Å². The molecule has 5 rings (SSSR count). The van der Waals surface area contributed by atoms with Gasteiger partial charge in [-0.05, 0) is 83.3 Å². The lowest BCUT2D eigenvalue weighted by molar-refractivity contribution is -0.143.